The Morgan fingerprint density at radius 3 is 2.67 bits per heavy atom. The molecule has 0 saturated carbocycles. The highest BCUT2D eigenvalue weighted by atomic mass is 16.3. The molecular formula is C10H20N4O. The second-order valence-electron chi connectivity index (χ2n) is 3.90. The third-order valence-corrected chi connectivity index (χ3v) is 3.09. The first kappa shape index (κ1) is 12.1. The molecule has 0 saturated heterocycles. The fraction of sp³-hybridized carbons (Fsp3) is 0.800. The minimum absolute atomic E-state index is 0.0000213. The number of hydrogen-bond donors (Lipinski definition) is 3. The SMILES string of the molecule is CCC(CC)(CO)CNCc1ncn[nH]1. The van der Waals surface area contributed by atoms with E-state index in [2.05, 4.69) is 34.3 Å². The van der Waals surface area contributed by atoms with Gasteiger partial charge in [0.05, 0.1) is 6.54 Å². The van der Waals surface area contributed by atoms with Gasteiger partial charge in [-0.25, -0.2) is 4.98 Å². The van der Waals surface area contributed by atoms with Crippen molar-refractivity contribution < 1.29 is 5.11 Å². The average Bonchev–Trinajstić information content (AvgIpc) is 2.78. The topological polar surface area (TPSA) is 73.8 Å². The molecule has 0 fully saturated rings. The molecular weight excluding hydrogens is 192 g/mol. The van der Waals surface area contributed by atoms with E-state index in [1.54, 1.807) is 0 Å². The Morgan fingerprint density at radius 2 is 2.20 bits per heavy atom. The standard InChI is InChI=1S/C10H20N4O/c1-3-10(4-2,7-15)6-11-5-9-12-8-13-14-9/h8,11,15H,3-7H2,1-2H3,(H,12,13,14). The summed E-state index contributed by atoms with van der Waals surface area (Å²) in [4.78, 5) is 4.02. The average molecular weight is 212 g/mol. The van der Waals surface area contributed by atoms with Gasteiger partial charge < -0.3 is 10.4 Å². The zero-order valence-electron chi connectivity index (χ0n) is 9.45. The van der Waals surface area contributed by atoms with Crippen LogP contribution in [0.25, 0.3) is 0 Å². The summed E-state index contributed by atoms with van der Waals surface area (Å²) in [6.45, 7) is 5.91. The number of aliphatic hydroxyl groups excluding tert-OH is 1. The van der Waals surface area contributed by atoms with Gasteiger partial charge in [-0.2, -0.15) is 5.10 Å². The van der Waals surface area contributed by atoms with E-state index in [9.17, 15) is 5.11 Å². The van der Waals surface area contributed by atoms with Crippen molar-refractivity contribution in [2.24, 2.45) is 5.41 Å². The molecule has 0 atom stereocenters. The second kappa shape index (κ2) is 5.82. The molecule has 1 aromatic rings. The predicted molar refractivity (Wildman–Crippen MR) is 58.2 cm³/mol. The summed E-state index contributed by atoms with van der Waals surface area (Å²) in [7, 11) is 0. The van der Waals surface area contributed by atoms with E-state index in [4.69, 9.17) is 0 Å². The lowest BCUT2D eigenvalue weighted by Gasteiger charge is -2.29. The van der Waals surface area contributed by atoms with Gasteiger partial charge in [0, 0.05) is 18.6 Å². The van der Waals surface area contributed by atoms with E-state index in [-0.39, 0.29) is 12.0 Å². The van der Waals surface area contributed by atoms with Crippen LogP contribution in [0.1, 0.15) is 32.5 Å². The lowest BCUT2D eigenvalue weighted by atomic mass is 9.83. The first-order chi connectivity index (χ1) is 7.26. The van der Waals surface area contributed by atoms with Crippen LogP contribution in [0.15, 0.2) is 6.33 Å². The van der Waals surface area contributed by atoms with Crippen LogP contribution in [-0.2, 0) is 6.54 Å². The van der Waals surface area contributed by atoms with Gasteiger partial charge in [-0.1, -0.05) is 13.8 Å². The number of aromatic nitrogens is 3. The molecule has 0 bridgehead atoms. The summed E-state index contributed by atoms with van der Waals surface area (Å²) in [6, 6.07) is 0. The minimum Gasteiger partial charge on any atom is -0.396 e. The summed E-state index contributed by atoms with van der Waals surface area (Å²) in [6.07, 6.45) is 3.45. The van der Waals surface area contributed by atoms with Gasteiger partial charge in [-0.15, -0.1) is 0 Å². The van der Waals surface area contributed by atoms with E-state index in [1.807, 2.05) is 0 Å². The van der Waals surface area contributed by atoms with Crippen LogP contribution in [0.3, 0.4) is 0 Å². The van der Waals surface area contributed by atoms with E-state index >= 15 is 0 Å². The molecule has 1 heterocycles. The molecule has 1 aromatic heterocycles. The molecule has 86 valence electrons. The number of aliphatic hydroxyl groups is 1. The number of rotatable bonds is 7. The fourth-order valence-corrected chi connectivity index (χ4v) is 1.54. The molecule has 15 heavy (non-hydrogen) atoms. The highest BCUT2D eigenvalue weighted by molar-refractivity contribution is 4.82. The van der Waals surface area contributed by atoms with Gasteiger partial charge in [0.2, 0.25) is 0 Å². The lowest BCUT2D eigenvalue weighted by molar-refractivity contribution is 0.113. The Kier molecular flexibility index (Phi) is 4.71. The van der Waals surface area contributed by atoms with Crippen LogP contribution in [0.4, 0.5) is 0 Å². The maximum absolute atomic E-state index is 9.36. The number of nitrogens with zero attached hydrogens (tertiary/aromatic N) is 2. The zero-order chi connectivity index (χ0) is 11.1. The largest absolute Gasteiger partial charge is 0.396 e. The normalized spacial score (nSPS) is 11.9. The van der Waals surface area contributed by atoms with Crippen LogP contribution in [-0.4, -0.2) is 33.4 Å². The van der Waals surface area contributed by atoms with Crippen molar-refractivity contribution in [2.75, 3.05) is 13.2 Å². The van der Waals surface area contributed by atoms with E-state index in [1.165, 1.54) is 6.33 Å². The minimum atomic E-state index is 0.0000213. The summed E-state index contributed by atoms with van der Waals surface area (Å²) < 4.78 is 0. The smallest absolute Gasteiger partial charge is 0.138 e. The molecule has 0 aliphatic heterocycles. The van der Waals surface area contributed by atoms with Gasteiger partial charge in [0.15, 0.2) is 0 Å². The number of aromatic amines is 1. The van der Waals surface area contributed by atoms with Gasteiger partial charge >= 0.3 is 0 Å². The quantitative estimate of drug-likeness (QED) is 0.622. The van der Waals surface area contributed by atoms with Crippen molar-refractivity contribution in [2.45, 2.75) is 33.2 Å². The maximum atomic E-state index is 9.36. The Labute approximate surface area is 90.3 Å². The Hall–Kier alpha value is -0.940. The summed E-state index contributed by atoms with van der Waals surface area (Å²) in [5, 5.41) is 19.2. The molecule has 0 unspecified atom stereocenters. The highest BCUT2D eigenvalue weighted by Gasteiger charge is 2.24. The number of nitrogens with one attached hydrogen (secondary N) is 2. The van der Waals surface area contributed by atoms with Crippen LogP contribution in [0, 0.1) is 5.41 Å². The lowest BCUT2D eigenvalue weighted by Crippen LogP contribution is -2.36. The molecule has 1 rings (SSSR count). The first-order valence-electron chi connectivity index (χ1n) is 5.42. The van der Waals surface area contributed by atoms with Gasteiger partial charge in [-0.05, 0) is 12.8 Å². The predicted octanol–water partition coefficient (Wildman–Crippen LogP) is 0.693. The van der Waals surface area contributed by atoms with Crippen LogP contribution < -0.4 is 5.32 Å². The Morgan fingerprint density at radius 1 is 1.47 bits per heavy atom. The maximum Gasteiger partial charge on any atom is 0.138 e. The van der Waals surface area contributed by atoms with Gasteiger partial charge in [0.25, 0.3) is 0 Å². The van der Waals surface area contributed by atoms with Gasteiger partial charge in [-0.3, -0.25) is 5.10 Å². The summed E-state index contributed by atoms with van der Waals surface area (Å²) in [5.74, 6) is 0.828. The third kappa shape index (κ3) is 3.28. The number of H-pyrrole nitrogens is 1. The molecule has 0 spiro atoms. The van der Waals surface area contributed by atoms with Crippen molar-refractivity contribution in [1.82, 2.24) is 20.5 Å². The van der Waals surface area contributed by atoms with E-state index in [0.29, 0.717) is 6.54 Å². The van der Waals surface area contributed by atoms with Crippen LogP contribution in [0.2, 0.25) is 0 Å². The fourth-order valence-electron chi connectivity index (χ4n) is 1.54. The monoisotopic (exact) mass is 212 g/mol. The molecule has 5 heteroatoms. The molecule has 0 radical (unpaired) electrons. The second-order valence-corrected chi connectivity index (χ2v) is 3.90. The van der Waals surface area contributed by atoms with Crippen molar-refractivity contribution in [3.05, 3.63) is 12.2 Å². The molecule has 0 amide bonds. The van der Waals surface area contributed by atoms with Crippen molar-refractivity contribution in [3.8, 4) is 0 Å². The van der Waals surface area contributed by atoms with E-state index in [0.717, 1.165) is 25.2 Å². The zero-order valence-corrected chi connectivity index (χ0v) is 9.45. The van der Waals surface area contributed by atoms with Gasteiger partial charge in [0.1, 0.15) is 12.2 Å². The van der Waals surface area contributed by atoms with E-state index < -0.39 is 0 Å². The van der Waals surface area contributed by atoms with Crippen LogP contribution >= 0.6 is 0 Å². The molecule has 0 aliphatic carbocycles. The summed E-state index contributed by atoms with van der Waals surface area (Å²) >= 11 is 0. The highest BCUT2D eigenvalue weighted by Crippen LogP contribution is 2.24. The van der Waals surface area contributed by atoms with Crippen molar-refractivity contribution in [1.29, 1.82) is 0 Å². The summed E-state index contributed by atoms with van der Waals surface area (Å²) in [5.41, 5.74) is 0.0000213. The Balaban J connectivity index is 2.34. The first-order valence-corrected chi connectivity index (χ1v) is 5.42. The number of hydrogen-bond acceptors (Lipinski definition) is 4. The molecule has 5 nitrogen and oxygen atoms in total. The van der Waals surface area contributed by atoms with Crippen molar-refractivity contribution >= 4 is 0 Å². The Bertz CT molecular complexity index is 248. The van der Waals surface area contributed by atoms with Crippen LogP contribution in [0.5, 0.6) is 0 Å². The van der Waals surface area contributed by atoms with Crippen molar-refractivity contribution in [3.63, 3.8) is 0 Å². The molecule has 0 aliphatic rings. The third-order valence-electron chi connectivity index (χ3n) is 3.09. The molecule has 0 aromatic carbocycles. The molecule has 3 N–H and O–H groups in total.